The molecular formula is C14H19ClN2O2S. The van der Waals surface area contributed by atoms with E-state index in [1.165, 1.54) is 0 Å². The van der Waals surface area contributed by atoms with Crippen LogP contribution in [0.2, 0.25) is 5.02 Å². The van der Waals surface area contributed by atoms with Gasteiger partial charge < -0.3 is 5.32 Å². The second-order valence-electron chi connectivity index (χ2n) is 5.86. The van der Waals surface area contributed by atoms with Crippen LogP contribution in [-0.2, 0) is 10.0 Å². The molecule has 4 nitrogen and oxygen atoms in total. The molecule has 0 aliphatic carbocycles. The Balaban J connectivity index is 1.80. The van der Waals surface area contributed by atoms with E-state index in [9.17, 15) is 8.42 Å². The minimum atomic E-state index is -3.54. The number of nitrogens with one attached hydrogen (secondary N) is 2. The standard InChI is InChI=1S/C14H19ClN2O2S/c1-9-2-5-13(15)14(6-9)20(18,19)17-12-7-10-3-4-11(8-12)16-10/h2,5-6,10-12,16-17H,3-4,7-8H2,1H3. The van der Waals surface area contributed by atoms with Crippen LogP contribution in [0.5, 0.6) is 0 Å². The predicted molar refractivity (Wildman–Crippen MR) is 79.5 cm³/mol. The van der Waals surface area contributed by atoms with Crippen molar-refractivity contribution in [3.05, 3.63) is 28.8 Å². The first-order valence-electron chi connectivity index (χ1n) is 6.98. The van der Waals surface area contributed by atoms with Crippen LogP contribution < -0.4 is 10.0 Å². The van der Waals surface area contributed by atoms with Gasteiger partial charge in [-0.05, 0) is 50.3 Å². The number of hydrogen-bond donors (Lipinski definition) is 2. The summed E-state index contributed by atoms with van der Waals surface area (Å²) in [6, 6.07) is 5.99. The average Bonchev–Trinajstić information content (AvgIpc) is 2.71. The van der Waals surface area contributed by atoms with Gasteiger partial charge in [0.15, 0.2) is 0 Å². The Morgan fingerprint density at radius 1 is 1.25 bits per heavy atom. The van der Waals surface area contributed by atoms with Crippen LogP contribution in [0, 0.1) is 6.92 Å². The maximum atomic E-state index is 12.5. The van der Waals surface area contributed by atoms with Gasteiger partial charge in [-0.3, -0.25) is 0 Å². The van der Waals surface area contributed by atoms with Gasteiger partial charge in [0.2, 0.25) is 10.0 Å². The Kier molecular flexibility index (Phi) is 3.79. The predicted octanol–water partition coefficient (Wildman–Crippen LogP) is 2.21. The summed E-state index contributed by atoms with van der Waals surface area (Å²) in [5.74, 6) is 0. The first-order chi connectivity index (χ1) is 9.44. The van der Waals surface area contributed by atoms with E-state index in [2.05, 4.69) is 10.0 Å². The molecular weight excluding hydrogens is 296 g/mol. The van der Waals surface area contributed by atoms with Gasteiger partial charge >= 0.3 is 0 Å². The van der Waals surface area contributed by atoms with Gasteiger partial charge in [0.25, 0.3) is 0 Å². The van der Waals surface area contributed by atoms with Gasteiger partial charge in [-0.15, -0.1) is 0 Å². The maximum Gasteiger partial charge on any atom is 0.242 e. The highest BCUT2D eigenvalue weighted by Gasteiger charge is 2.35. The van der Waals surface area contributed by atoms with Crippen molar-refractivity contribution < 1.29 is 8.42 Å². The van der Waals surface area contributed by atoms with Gasteiger partial charge in [-0.1, -0.05) is 17.7 Å². The Hall–Kier alpha value is -0.620. The summed E-state index contributed by atoms with van der Waals surface area (Å²) in [4.78, 5) is 0.185. The van der Waals surface area contributed by atoms with E-state index in [0.29, 0.717) is 12.1 Å². The number of piperidine rings is 1. The van der Waals surface area contributed by atoms with E-state index in [-0.39, 0.29) is 16.0 Å². The number of rotatable bonds is 3. The van der Waals surface area contributed by atoms with E-state index in [1.54, 1.807) is 12.1 Å². The summed E-state index contributed by atoms with van der Waals surface area (Å²) in [6.45, 7) is 1.86. The summed E-state index contributed by atoms with van der Waals surface area (Å²) in [5.41, 5.74) is 0.889. The SMILES string of the molecule is Cc1ccc(Cl)c(S(=O)(=O)NC2CC3CCC(C2)N3)c1. The van der Waals surface area contributed by atoms with Crippen molar-refractivity contribution in [2.24, 2.45) is 0 Å². The zero-order valence-electron chi connectivity index (χ0n) is 11.4. The van der Waals surface area contributed by atoms with E-state index in [0.717, 1.165) is 31.2 Å². The fourth-order valence-corrected chi connectivity index (χ4v) is 5.10. The molecule has 0 saturated carbocycles. The van der Waals surface area contributed by atoms with Crippen LogP contribution in [0.15, 0.2) is 23.1 Å². The molecule has 110 valence electrons. The van der Waals surface area contributed by atoms with Gasteiger partial charge in [0, 0.05) is 18.1 Å². The molecule has 2 aliphatic heterocycles. The lowest BCUT2D eigenvalue weighted by atomic mass is 10.0. The lowest BCUT2D eigenvalue weighted by molar-refractivity contribution is 0.345. The Morgan fingerprint density at radius 3 is 2.55 bits per heavy atom. The van der Waals surface area contributed by atoms with E-state index in [1.807, 2.05) is 13.0 Å². The fourth-order valence-electron chi connectivity index (χ4n) is 3.25. The largest absolute Gasteiger partial charge is 0.311 e. The molecule has 20 heavy (non-hydrogen) atoms. The van der Waals surface area contributed by atoms with Gasteiger partial charge in [0.05, 0.1) is 5.02 Å². The molecule has 2 heterocycles. The lowest BCUT2D eigenvalue weighted by Gasteiger charge is -2.29. The molecule has 2 fully saturated rings. The molecule has 0 spiro atoms. The average molecular weight is 315 g/mol. The molecule has 0 radical (unpaired) electrons. The van der Waals surface area contributed by atoms with Crippen molar-refractivity contribution in [1.82, 2.24) is 10.0 Å². The van der Waals surface area contributed by atoms with Crippen LogP contribution in [0.3, 0.4) is 0 Å². The molecule has 1 aromatic carbocycles. The van der Waals surface area contributed by atoms with Crippen LogP contribution >= 0.6 is 11.6 Å². The number of hydrogen-bond acceptors (Lipinski definition) is 3. The fraction of sp³-hybridized carbons (Fsp3) is 0.571. The quantitative estimate of drug-likeness (QED) is 0.899. The molecule has 1 aromatic rings. The third-order valence-electron chi connectivity index (χ3n) is 4.17. The number of aryl methyl sites for hydroxylation is 1. The number of fused-ring (bicyclic) bond motifs is 2. The van der Waals surface area contributed by atoms with Gasteiger partial charge in [0.1, 0.15) is 4.90 Å². The molecule has 2 saturated heterocycles. The minimum absolute atomic E-state index is 0.00956. The van der Waals surface area contributed by atoms with Crippen LogP contribution in [0.4, 0.5) is 0 Å². The Morgan fingerprint density at radius 2 is 1.90 bits per heavy atom. The van der Waals surface area contributed by atoms with E-state index >= 15 is 0 Å². The Labute approximate surface area is 125 Å². The molecule has 2 aliphatic rings. The maximum absolute atomic E-state index is 12.5. The van der Waals surface area contributed by atoms with E-state index < -0.39 is 10.0 Å². The second-order valence-corrected chi connectivity index (χ2v) is 7.95. The van der Waals surface area contributed by atoms with Crippen molar-refractivity contribution in [2.75, 3.05) is 0 Å². The first-order valence-corrected chi connectivity index (χ1v) is 8.85. The monoisotopic (exact) mass is 314 g/mol. The molecule has 2 N–H and O–H groups in total. The van der Waals surface area contributed by atoms with Crippen LogP contribution in [0.25, 0.3) is 0 Å². The highest BCUT2D eigenvalue weighted by molar-refractivity contribution is 7.89. The molecule has 2 unspecified atom stereocenters. The topological polar surface area (TPSA) is 58.2 Å². The molecule has 2 atom stereocenters. The highest BCUT2D eigenvalue weighted by Crippen LogP contribution is 2.29. The van der Waals surface area contributed by atoms with Crippen LogP contribution in [0.1, 0.15) is 31.2 Å². The molecule has 6 heteroatoms. The van der Waals surface area contributed by atoms with Gasteiger partial charge in [-0.2, -0.15) is 0 Å². The first kappa shape index (κ1) is 14.3. The van der Waals surface area contributed by atoms with Crippen molar-refractivity contribution in [3.63, 3.8) is 0 Å². The zero-order valence-corrected chi connectivity index (χ0v) is 13.0. The molecule has 0 amide bonds. The lowest BCUT2D eigenvalue weighted by Crippen LogP contribution is -2.47. The number of halogens is 1. The van der Waals surface area contributed by atoms with E-state index in [4.69, 9.17) is 11.6 Å². The zero-order chi connectivity index (χ0) is 14.3. The molecule has 3 rings (SSSR count). The van der Waals surface area contributed by atoms with Crippen molar-refractivity contribution >= 4 is 21.6 Å². The molecule has 2 bridgehead atoms. The summed E-state index contributed by atoms with van der Waals surface area (Å²) in [6.07, 6.45) is 4.01. The number of benzene rings is 1. The van der Waals surface area contributed by atoms with Crippen LogP contribution in [-0.4, -0.2) is 26.5 Å². The summed E-state index contributed by atoms with van der Waals surface area (Å²) >= 11 is 6.04. The third-order valence-corrected chi connectivity index (χ3v) is 6.17. The third kappa shape index (κ3) is 2.86. The Bertz CT molecular complexity index is 606. The summed E-state index contributed by atoms with van der Waals surface area (Å²) < 4.78 is 27.8. The van der Waals surface area contributed by atoms with Gasteiger partial charge in [-0.25, -0.2) is 13.1 Å². The second kappa shape index (κ2) is 5.30. The highest BCUT2D eigenvalue weighted by atomic mass is 35.5. The summed E-state index contributed by atoms with van der Waals surface area (Å²) in [7, 11) is -3.54. The van der Waals surface area contributed by atoms with Crippen molar-refractivity contribution in [3.8, 4) is 0 Å². The summed E-state index contributed by atoms with van der Waals surface area (Å²) in [5, 5.41) is 3.78. The van der Waals surface area contributed by atoms with Crippen molar-refractivity contribution in [1.29, 1.82) is 0 Å². The smallest absolute Gasteiger partial charge is 0.242 e. The number of sulfonamides is 1. The minimum Gasteiger partial charge on any atom is -0.311 e. The van der Waals surface area contributed by atoms with Crippen molar-refractivity contribution in [2.45, 2.75) is 55.6 Å². The normalized spacial score (nSPS) is 29.6. The molecule has 0 aromatic heterocycles.